The molecule has 0 amide bonds. The lowest BCUT2D eigenvalue weighted by molar-refractivity contribution is 0.00581. The van der Waals surface area contributed by atoms with E-state index in [1.165, 1.54) is 4.88 Å². The summed E-state index contributed by atoms with van der Waals surface area (Å²) in [6, 6.07) is 0. The molecular weight excluding hydrogens is 270 g/mol. The van der Waals surface area contributed by atoms with Crippen molar-refractivity contribution in [3.05, 3.63) is 15.5 Å². The summed E-state index contributed by atoms with van der Waals surface area (Å²) in [6.07, 6.45) is 5.46. The second-order valence-electron chi connectivity index (χ2n) is 4.57. The molecule has 1 aromatic heterocycles. The predicted molar refractivity (Wildman–Crippen MR) is 75.0 cm³/mol. The van der Waals surface area contributed by atoms with Crippen molar-refractivity contribution in [1.82, 2.24) is 9.88 Å². The van der Waals surface area contributed by atoms with Gasteiger partial charge in [0.15, 0.2) is 4.47 Å². The van der Waals surface area contributed by atoms with Gasteiger partial charge in [-0.1, -0.05) is 11.6 Å². The highest BCUT2D eigenvalue weighted by Gasteiger charge is 2.19. The van der Waals surface area contributed by atoms with E-state index in [2.05, 4.69) is 9.88 Å². The normalized spacial score (nSPS) is 18.3. The van der Waals surface area contributed by atoms with Gasteiger partial charge in [-0.2, -0.15) is 0 Å². The van der Waals surface area contributed by atoms with E-state index < -0.39 is 0 Å². The molecule has 0 aromatic carbocycles. The van der Waals surface area contributed by atoms with Gasteiger partial charge in [0.1, 0.15) is 0 Å². The molecule has 2 N–H and O–H groups in total. The maximum absolute atomic E-state index is 5.83. The van der Waals surface area contributed by atoms with Gasteiger partial charge in [-0.25, -0.2) is 4.98 Å². The highest BCUT2D eigenvalue weighted by molar-refractivity contribution is 7.15. The summed E-state index contributed by atoms with van der Waals surface area (Å²) in [4.78, 5) is 7.74. The Hall–Kier alpha value is -0.200. The Kier molecular flexibility index (Phi) is 5.85. The Morgan fingerprint density at radius 2 is 2.28 bits per heavy atom. The summed E-state index contributed by atoms with van der Waals surface area (Å²) in [5.41, 5.74) is 5.45. The minimum atomic E-state index is 0.415. The Morgan fingerprint density at radius 3 is 2.89 bits per heavy atom. The van der Waals surface area contributed by atoms with Gasteiger partial charge in [-0.05, 0) is 25.8 Å². The molecular formula is C12H20ClN3OS. The van der Waals surface area contributed by atoms with Crippen LogP contribution in [0.2, 0.25) is 4.47 Å². The quantitative estimate of drug-likeness (QED) is 0.815. The molecule has 1 fully saturated rings. The Morgan fingerprint density at radius 1 is 1.50 bits per heavy atom. The maximum atomic E-state index is 5.83. The molecule has 18 heavy (non-hydrogen) atoms. The largest absolute Gasteiger partial charge is 0.378 e. The highest BCUT2D eigenvalue weighted by atomic mass is 35.5. The molecule has 0 radical (unpaired) electrons. The first-order chi connectivity index (χ1) is 8.78. The molecule has 0 spiro atoms. The summed E-state index contributed by atoms with van der Waals surface area (Å²) < 4.78 is 6.42. The molecule has 2 rings (SSSR count). The van der Waals surface area contributed by atoms with Crippen LogP contribution in [0.1, 0.15) is 24.1 Å². The molecule has 102 valence electrons. The summed E-state index contributed by atoms with van der Waals surface area (Å²) in [7, 11) is 0. The molecule has 0 atom stereocenters. The molecule has 1 aliphatic heterocycles. The number of nitrogens with zero attached hydrogens (tertiary/aromatic N) is 2. The van der Waals surface area contributed by atoms with Gasteiger partial charge in [-0.15, -0.1) is 11.3 Å². The van der Waals surface area contributed by atoms with Crippen LogP contribution in [0.4, 0.5) is 0 Å². The molecule has 0 unspecified atom stereocenters. The molecule has 1 saturated heterocycles. The van der Waals surface area contributed by atoms with Crippen molar-refractivity contribution in [1.29, 1.82) is 0 Å². The van der Waals surface area contributed by atoms with Gasteiger partial charge in [0.05, 0.1) is 6.10 Å². The van der Waals surface area contributed by atoms with Crippen LogP contribution in [0.3, 0.4) is 0 Å². The first kappa shape index (κ1) is 14.2. The molecule has 0 saturated carbocycles. The second kappa shape index (κ2) is 7.40. The zero-order valence-electron chi connectivity index (χ0n) is 10.5. The predicted octanol–water partition coefficient (Wildman–Crippen LogP) is 2.13. The van der Waals surface area contributed by atoms with Crippen molar-refractivity contribution in [3.8, 4) is 0 Å². The third kappa shape index (κ3) is 4.48. The summed E-state index contributed by atoms with van der Waals surface area (Å²) in [5, 5.41) is 0. The highest BCUT2D eigenvalue weighted by Crippen LogP contribution is 2.22. The number of rotatable bonds is 6. The first-order valence-electron chi connectivity index (χ1n) is 6.42. The fourth-order valence-corrected chi connectivity index (χ4v) is 3.16. The number of likely N-dealkylation sites (tertiary alicyclic amines) is 1. The lowest BCUT2D eigenvalue weighted by Gasteiger charge is -2.31. The van der Waals surface area contributed by atoms with Crippen molar-refractivity contribution in [3.63, 3.8) is 0 Å². The van der Waals surface area contributed by atoms with Gasteiger partial charge < -0.3 is 10.5 Å². The lowest BCUT2D eigenvalue weighted by Crippen LogP contribution is -2.36. The number of hydrogen-bond acceptors (Lipinski definition) is 5. The van der Waals surface area contributed by atoms with E-state index in [0.29, 0.717) is 17.1 Å². The molecule has 0 aliphatic carbocycles. The van der Waals surface area contributed by atoms with Gasteiger partial charge >= 0.3 is 0 Å². The van der Waals surface area contributed by atoms with Crippen LogP contribution in [0.15, 0.2) is 6.20 Å². The van der Waals surface area contributed by atoms with Crippen molar-refractivity contribution in [2.45, 2.75) is 31.9 Å². The summed E-state index contributed by atoms with van der Waals surface area (Å²) in [5.74, 6) is 0. The smallest absolute Gasteiger partial charge is 0.183 e. The topological polar surface area (TPSA) is 51.4 Å². The molecule has 1 aromatic rings. The monoisotopic (exact) mass is 289 g/mol. The van der Waals surface area contributed by atoms with Crippen LogP contribution in [-0.2, 0) is 11.3 Å². The van der Waals surface area contributed by atoms with Crippen molar-refractivity contribution in [2.75, 3.05) is 26.2 Å². The van der Waals surface area contributed by atoms with Crippen LogP contribution in [-0.4, -0.2) is 42.2 Å². The Balaban J connectivity index is 1.67. The number of aromatic nitrogens is 1. The number of halogens is 1. The molecule has 0 bridgehead atoms. The third-order valence-corrected chi connectivity index (χ3v) is 4.24. The maximum Gasteiger partial charge on any atom is 0.183 e. The second-order valence-corrected chi connectivity index (χ2v) is 6.27. The molecule has 6 heteroatoms. The Bertz CT molecular complexity index is 353. The standard InChI is InChI=1S/C12H20ClN3OS/c13-12-15-8-11(18-12)9-16-5-2-10(3-6-16)17-7-1-4-14/h8,10H,1-7,9,14H2. The molecule has 1 aliphatic rings. The Labute approximate surface area is 117 Å². The van der Waals surface area contributed by atoms with Gasteiger partial charge in [0, 0.05) is 37.3 Å². The molecule has 2 heterocycles. The van der Waals surface area contributed by atoms with Crippen LogP contribution < -0.4 is 5.73 Å². The van der Waals surface area contributed by atoms with Crippen molar-refractivity contribution < 1.29 is 4.74 Å². The zero-order chi connectivity index (χ0) is 12.8. The zero-order valence-corrected chi connectivity index (χ0v) is 12.1. The van der Waals surface area contributed by atoms with E-state index in [-0.39, 0.29) is 0 Å². The van der Waals surface area contributed by atoms with Gasteiger partial charge in [0.2, 0.25) is 0 Å². The minimum absolute atomic E-state index is 0.415. The number of hydrogen-bond donors (Lipinski definition) is 1. The average Bonchev–Trinajstić information content (AvgIpc) is 2.77. The molecule has 4 nitrogen and oxygen atoms in total. The van der Waals surface area contributed by atoms with Crippen LogP contribution >= 0.6 is 22.9 Å². The fraction of sp³-hybridized carbons (Fsp3) is 0.750. The van der Waals surface area contributed by atoms with Gasteiger partial charge in [0.25, 0.3) is 0 Å². The lowest BCUT2D eigenvalue weighted by atomic mass is 10.1. The van der Waals surface area contributed by atoms with Crippen LogP contribution in [0, 0.1) is 0 Å². The van der Waals surface area contributed by atoms with E-state index in [1.807, 2.05) is 6.20 Å². The number of thiazole rings is 1. The van der Waals surface area contributed by atoms with Crippen molar-refractivity contribution in [2.24, 2.45) is 5.73 Å². The van der Waals surface area contributed by atoms with E-state index in [0.717, 1.165) is 45.5 Å². The number of nitrogens with two attached hydrogens (primary N) is 1. The summed E-state index contributed by atoms with van der Waals surface area (Å²) >= 11 is 7.40. The number of ether oxygens (including phenoxy) is 1. The van der Waals surface area contributed by atoms with E-state index in [9.17, 15) is 0 Å². The van der Waals surface area contributed by atoms with E-state index in [1.54, 1.807) is 11.3 Å². The van der Waals surface area contributed by atoms with Crippen molar-refractivity contribution >= 4 is 22.9 Å². The van der Waals surface area contributed by atoms with Crippen LogP contribution in [0.5, 0.6) is 0 Å². The fourth-order valence-electron chi connectivity index (χ4n) is 2.14. The number of piperidine rings is 1. The SMILES string of the molecule is NCCCOC1CCN(Cc2cnc(Cl)s2)CC1. The van der Waals surface area contributed by atoms with Gasteiger partial charge in [-0.3, -0.25) is 4.90 Å². The first-order valence-corrected chi connectivity index (χ1v) is 7.61. The minimum Gasteiger partial charge on any atom is -0.378 e. The van der Waals surface area contributed by atoms with E-state index in [4.69, 9.17) is 22.1 Å². The van der Waals surface area contributed by atoms with E-state index >= 15 is 0 Å². The third-order valence-electron chi connectivity index (χ3n) is 3.14. The average molecular weight is 290 g/mol. The summed E-state index contributed by atoms with van der Waals surface area (Å²) in [6.45, 7) is 4.64. The van der Waals surface area contributed by atoms with Crippen LogP contribution in [0.25, 0.3) is 0 Å².